The van der Waals surface area contributed by atoms with E-state index in [1.807, 2.05) is 24.3 Å². The fraction of sp³-hybridized carbons (Fsp3) is 0.111. The standard InChI is InChI=1S/C18H17FN4/c19-15-6-8-16(9-7-15)22-18-21-13-11-17(23-18)20-12-10-14-4-2-1-3-5-14/h1-9,11,13H,10,12H2,(H2,20,21,22,23). The van der Waals surface area contributed by atoms with Crippen LogP contribution < -0.4 is 10.6 Å². The third kappa shape index (κ3) is 4.51. The molecule has 0 atom stereocenters. The van der Waals surface area contributed by atoms with Gasteiger partial charge in [0.2, 0.25) is 5.95 Å². The first-order valence-corrected chi connectivity index (χ1v) is 7.43. The molecule has 0 fully saturated rings. The minimum Gasteiger partial charge on any atom is -0.370 e. The van der Waals surface area contributed by atoms with Gasteiger partial charge < -0.3 is 10.6 Å². The quantitative estimate of drug-likeness (QED) is 0.722. The van der Waals surface area contributed by atoms with E-state index in [1.54, 1.807) is 18.3 Å². The fourth-order valence-corrected chi connectivity index (χ4v) is 2.16. The van der Waals surface area contributed by atoms with Gasteiger partial charge in [0, 0.05) is 18.4 Å². The molecule has 2 N–H and O–H groups in total. The van der Waals surface area contributed by atoms with Crippen molar-refractivity contribution in [2.24, 2.45) is 0 Å². The molecule has 0 spiro atoms. The number of nitrogens with zero attached hydrogens (tertiary/aromatic N) is 2. The summed E-state index contributed by atoms with van der Waals surface area (Å²) in [5, 5.41) is 6.33. The van der Waals surface area contributed by atoms with Crippen LogP contribution >= 0.6 is 0 Å². The van der Waals surface area contributed by atoms with Gasteiger partial charge in [-0.05, 0) is 42.3 Å². The largest absolute Gasteiger partial charge is 0.370 e. The van der Waals surface area contributed by atoms with Crippen molar-refractivity contribution in [1.82, 2.24) is 9.97 Å². The number of rotatable bonds is 6. The molecule has 1 heterocycles. The second-order valence-corrected chi connectivity index (χ2v) is 5.06. The van der Waals surface area contributed by atoms with Crippen molar-refractivity contribution in [2.45, 2.75) is 6.42 Å². The number of hydrogen-bond acceptors (Lipinski definition) is 4. The van der Waals surface area contributed by atoms with Gasteiger partial charge in [0.25, 0.3) is 0 Å². The number of benzene rings is 2. The maximum absolute atomic E-state index is 12.9. The van der Waals surface area contributed by atoms with E-state index in [0.717, 1.165) is 24.5 Å². The molecule has 3 rings (SSSR count). The SMILES string of the molecule is Fc1ccc(Nc2nccc(NCCc3ccccc3)n2)cc1. The van der Waals surface area contributed by atoms with Crippen molar-refractivity contribution < 1.29 is 4.39 Å². The van der Waals surface area contributed by atoms with E-state index in [4.69, 9.17) is 0 Å². The zero-order valence-corrected chi connectivity index (χ0v) is 12.5. The Labute approximate surface area is 134 Å². The third-order valence-electron chi connectivity index (χ3n) is 3.32. The fourth-order valence-electron chi connectivity index (χ4n) is 2.16. The predicted molar refractivity (Wildman–Crippen MR) is 90.4 cm³/mol. The van der Waals surface area contributed by atoms with Gasteiger partial charge in [-0.25, -0.2) is 9.37 Å². The van der Waals surface area contributed by atoms with Crippen LogP contribution in [0.5, 0.6) is 0 Å². The van der Waals surface area contributed by atoms with E-state index in [1.165, 1.54) is 17.7 Å². The molecule has 0 unspecified atom stereocenters. The molecule has 3 aromatic rings. The highest BCUT2D eigenvalue weighted by Gasteiger charge is 2.01. The highest BCUT2D eigenvalue weighted by atomic mass is 19.1. The van der Waals surface area contributed by atoms with Crippen molar-refractivity contribution in [1.29, 1.82) is 0 Å². The summed E-state index contributed by atoms with van der Waals surface area (Å²) in [5.74, 6) is 0.953. The molecule has 0 bridgehead atoms. The molecule has 0 radical (unpaired) electrons. The Morgan fingerprint density at radius 2 is 1.70 bits per heavy atom. The van der Waals surface area contributed by atoms with Crippen molar-refractivity contribution >= 4 is 17.5 Å². The van der Waals surface area contributed by atoms with Crippen LogP contribution in [0.2, 0.25) is 0 Å². The maximum Gasteiger partial charge on any atom is 0.229 e. The van der Waals surface area contributed by atoms with Crippen molar-refractivity contribution in [3.63, 3.8) is 0 Å². The van der Waals surface area contributed by atoms with Gasteiger partial charge in [-0.2, -0.15) is 4.98 Å². The molecule has 4 nitrogen and oxygen atoms in total. The van der Waals surface area contributed by atoms with Crippen LogP contribution in [0.15, 0.2) is 66.9 Å². The number of hydrogen-bond donors (Lipinski definition) is 2. The van der Waals surface area contributed by atoms with Crippen LogP contribution in [0.4, 0.5) is 21.8 Å². The summed E-state index contributed by atoms with van der Waals surface area (Å²) >= 11 is 0. The van der Waals surface area contributed by atoms with Crippen LogP contribution in [-0.2, 0) is 6.42 Å². The summed E-state index contributed by atoms with van der Waals surface area (Å²) < 4.78 is 12.9. The van der Waals surface area contributed by atoms with Gasteiger partial charge in [0.05, 0.1) is 0 Å². The first-order chi connectivity index (χ1) is 11.3. The number of nitrogens with one attached hydrogen (secondary N) is 2. The summed E-state index contributed by atoms with van der Waals surface area (Å²) in [6.45, 7) is 0.789. The highest BCUT2D eigenvalue weighted by molar-refractivity contribution is 5.54. The van der Waals surface area contributed by atoms with Crippen LogP contribution in [0.3, 0.4) is 0 Å². The normalized spacial score (nSPS) is 10.3. The summed E-state index contributed by atoms with van der Waals surface area (Å²) in [6.07, 6.45) is 2.61. The van der Waals surface area contributed by atoms with Crippen LogP contribution in [0.25, 0.3) is 0 Å². The van der Waals surface area contributed by atoms with Crippen molar-refractivity contribution in [2.75, 3.05) is 17.2 Å². The van der Waals surface area contributed by atoms with Crippen molar-refractivity contribution in [3.8, 4) is 0 Å². The summed E-state index contributed by atoms with van der Waals surface area (Å²) in [7, 11) is 0. The van der Waals surface area contributed by atoms with Gasteiger partial charge in [-0.1, -0.05) is 30.3 Å². The zero-order valence-electron chi connectivity index (χ0n) is 12.5. The summed E-state index contributed by atoms with van der Waals surface area (Å²) in [5.41, 5.74) is 2.02. The predicted octanol–water partition coefficient (Wildman–Crippen LogP) is 4.01. The zero-order chi connectivity index (χ0) is 15.9. The second kappa shape index (κ2) is 7.35. The summed E-state index contributed by atoms with van der Waals surface area (Å²) in [4.78, 5) is 8.56. The van der Waals surface area contributed by atoms with E-state index >= 15 is 0 Å². The average molecular weight is 308 g/mol. The molecule has 0 saturated heterocycles. The molecular weight excluding hydrogens is 291 g/mol. The molecule has 5 heteroatoms. The van der Waals surface area contributed by atoms with Gasteiger partial charge in [-0.15, -0.1) is 0 Å². The Kier molecular flexibility index (Phi) is 4.79. The lowest BCUT2D eigenvalue weighted by atomic mass is 10.1. The molecule has 0 saturated carbocycles. The molecule has 1 aromatic heterocycles. The molecule has 2 aromatic carbocycles. The lowest BCUT2D eigenvalue weighted by Crippen LogP contribution is -2.07. The van der Waals surface area contributed by atoms with Gasteiger partial charge >= 0.3 is 0 Å². The van der Waals surface area contributed by atoms with Gasteiger partial charge in [0.15, 0.2) is 0 Å². The molecule has 23 heavy (non-hydrogen) atoms. The minimum absolute atomic E-state index is 0.271. The Balaban J connectivity index is 1.57. The number of halogens is 1. The van der Waals surface area contributed by atoms with Gasteiger partial charge in [-0.3, -0.25) is 0 Å². The lowest BCUT2D eigenvalue weighted by molar-refractivity contribution is 0.628. The van der Waals surface area contributed by atoms with Crippen molar-refractivity contribution in [3.05, 3.63) is 78.2 Å². The Hall–Kier alpha value is -2.95. The lowest BCUT2D eigenvalue weighted by Gasteiger charge is -2.08. The van der Waals surface area contributed by atoms with Crippen LogP contribution in [-0.4, -0.2) is 16.5 Å². The Morgan fingerprint density at radius 3 is 2.48 bits per heavy atom. The Morgan fingerprint density at radius 1 is 0.913 bits per heavy atom. The van der Waals surface area contributed by atoms with Crippen LogP contribution in [0, 0.1) is 5.82 Å². The number of anilines is 3. The number of aromatic nitrogens is 2. The third-order valence-corrected chi connectivity index (χ3v) is 3.32. The molecular formula is C18H17FN4. The van der Waals surface area contributed by atoms with E-state index in [-0.39, 0.29) is 5.82 Å². The molecule has 0 aliphatic carbocycles. The van der Waals surface area contributed by atoms with E-state index in [2.05, 4.69) is 32.7 Å². The Bertz CT molecular complexity index is 744. The average Bonchev–Trinajstić information content (AvgIpc) is 2.58. The second-order valence-electron chi connectivity index (χ2n) is 5.06. The minimum atomic E-state index is -0.271. The molecule has 0 aliphatic heterocycles. The van der Waals surface area contributed by atoms with E-state index < -0.39 is 0 Å². The topological polar surface area (TPSA) is 49.8 Å². The van der Waals surface area contributed by atoms with E-state index in [9.17, 15) is 4.39 Å². The van der Waals surface area contributed by atoms with Gasteiger partial charge in [0.1, 0.15) is 11.6 Å². The maximum atomic E-state index is 12.9. The molecule has 116 valence electrons. The smallest absolute Gasteiger partial charge is 0.229 e. The molecule has 0 amide bonds. The first-order valence-electron chi connectivity index (χ1n) is 7.43. The van der Waals surface area contributed by atoms with Crippen LogP contribution in [0.1, 0.15) is 5.56 Å². The summed E-state index contributed by atoms with van der Waals surface area (Å²) in [6, 6.07) is 18.2. The first kappa shape index (κ1) is 15.0. The van der Waals surface area contributed by atoms with E-state index in [0.29, 0.717) is 5.95 Å². The highest BCUT2D eigenvalue weighted by Crippen LogP contribution is 2.14. The molecule has 0 aliphatic rings. The monoisotopic (exact) mass is 308 g/mol.